The Morgan fingerprint density at radius 2 is 2.25 bits per heavy atom. The van der Waals surface area contributed by atoms with Crippen LogP contribution < -0.4 is 15.5 Å². The third-order valence-corrected chi connectivity index (χ3v) is 3.01. The van der Waals surface area contributed by atoms with Gasteiger partial charge in [0.15, 0.2) is 0 Å². The third-order valence-electron chi connectivity index (χ3n) is 3.01. The van der Waals surface area contributed by atoms with Crippen molar-refractivity contribution in [2.45, 2.75) is 12.5 Å². The summed E-state index contributed by atoms with van der Waals surface area (Å²) in [7, 11) is 0. The molecule has 0 aliphatic carbocycles. The highest BCUT2D eigenvalue weighted by atomic mass is 16.5. The lowest BCUT2D eigenvalue weighted by Gasteiger charge is -2.27. The van der Waals surface area contributed by atoms with Gasteiger partial charge in [-0.2, -0.15) is 5.06 Å². The Hall–Kier alpha value is -2.51. The molecule has 7 heteroatoms. The Morgan fingerprint density at radius 3 is 3.00 bits per heavy atom. The summed E-state index contributed by atoms with van der Waals surface area (Å²) < 4.78 is 5.54. The van der Waals surface area contributed by atoms with Crippen molar-refractivity contribution < 1.29 is 14.7 Å². The maximum Gasteiger partial charge on any atom is 0.267 e. The fourth-order valence-electron chi connectivity index (χ4n) is 2.05. The largest absolute Gasteiger partial charge is 0.437 e. The molecule has 0 fully saturated rings. The molecule has 3 N–H and O–H groups in total. The van der Waals surface area contributed by atoms with Gasteiger partial charge >= 0.3 is 0 Å². The number of carbonyl (C=O) groups is 1. The number of benzene rings is 1. The van der Waals surface area contributed by atoms with Gasteiger partial charge in [-0.15, -0.1) is 0 Å². The van der Waals surface area contributed by atoms with Gasteiger partial charge in [-0.3, -0.25) is 15.0 Å². The van der Waals surface area contributed by atoms with Crippen LogP contribution in [0.2, 0.25) is 0 Å². The molecule has 0 saturated carbocycles. The van der Waals surface area contributed by atoms with Crippen molar-refractivity contribution >= 4 is 11.6 Å². The Morgan fingerprint density at radius 1 is 1.40 bits per heavy atom. The zero-order chi connectivity index (χ0) is 14.1. The predicted octanol–water partition coefficient (Wildman–Crippen LogP) is 0.874. The van der Waals surface area contributed by atoms with Gasteiger partial charge in [0.1, 0.15) is 5.75 Å². The number of hydrogen-bond donors (Lipinski definition) is 2. The van der Waals surface area contributed by atoms with Crippen molar-refractivity contribution in [2.24, 2.45) is 5.73 Å². The highest BCUT2D eigenvalue weighted by Crippen LogP contribution is 2.31. The van der Waals surface area contributed by atoms with Crippen molar-refractivity contribution in [3.05, 3.63) is 42.4 Å². The molecule has 2 heterocycles. The fraction of sp³-hybridized carbons (Fsp3) is 0.154. The van der Waals surface area contributed by atoms with Crippen LogP contribution in [-0.2, 0) is 11.2 Å². The molecule has 0 spiro atoms. The van der Waals surface area contributed by atoms with Crippen LogP contribution in [0.25, 0.3) is 0 Å². The molecule has 1 amide bonds. The normalized spacial score (nSPS) is 17.8. The lowest BCUT2D eigenvalue weighted by atomic mass is 9.99. The van der Waals surface area contributed by atoms with Crippen molar-refractivity contribution in [3.63, 3.8) is 0 Å². The summed E-state index contributed by atoms with van der Waals surface area (Å²) in [5.41, 5.74) is 6.83. The number of aromatic nitrogens is 2. The first-order valence-electron chi connectivity index (χ1n) is 6.00. The molecule has 0 radical (unpaired) electrons. The van der Waals surface area contributed by atoms with Crippen molar-refractivity contribution in [2.75, 3.05) is 5.06 Å². The van der Waals surface area contributed by atoms with Crippen LogP contribution in [0.4, 0.5) is 5.69 Å². The van der Waals surface area contributed by atoms with Gasteiger partial charge in [0, 0.05) is 12.4 Å². The number of nitrogens with zero attached hydrogens (tertiary/aromatic N) is 3. The minimum atomic E-state index is -0.751. The average Bonchev–Trinajstić information content (AvgIpc) is 2.46. The molecule has 1 atom stereocenters. The Balaban J connectivity index is 1.90. The monoisotopic (exact) mass is 272 g/mol. The van der Waals surface area contributed by atoms with Gasteiger partial charge in [0.25, 0.3) is 5.91 Å². The highest BCUT2D eigenvalue weighted by molar-refractivity contribution is 5.98. The number of hydroxylamine groups is 1. The van der Waals surface area contributed by atoms with E-state index in [1.807, 2.05) is 0 Å². The average molecular weight is 272 g/mol. The van der Waals surface area contributed by atoms with Gasteiger partial charge < -0.3 is 10.5 Å². The maximum atomic E-state index is 11.6. The summed E-state index contributed by atoms with van der Waals surface area (Å²) in [6.07, 6.45) is 4.92. The minimum Gasteiger partial charge on any atom is -0.437 e. The quantitative estimate of drug-likeness (QED) is 0.787. The number of ether oxygens (including phenoxy) is 1. The van der Waals surface area contributed by atoms with Gasteiger partial charge in [0.05, 0.1) is 17.9 Å². The third kappa shape index (κ3) is 2.20. The second-order valence-electron chi connectivity index (χ2n) is 4.40. The van der Waals surface area contributed by atoms with E-state index in [2.05, 4.69) is 9.97 Å². The molecule has 102 valence electrons. The number of carbonyl (C=O) groups excluding carboxylic acids is 1. The standard InChI is InChI=1S/C13H12N4O3/c14-10-6-8-5-9(20-12-7-15-3-4-16-12)1-2-11(8)17(19)13(10)18/h1-5,7,10,19H,6,14H2. The fourth-order valence-corrected chi connectivity index (χ4v) is 2.05. The van der Waals surface area contributed by atoms with Crippen LogP contribution >= 0.6 is 0 Å². The first-order chi connectivity index (χ1) is 9.65. The molecular weight excluding hydrogens is 260 g/mol. The molecule has 7 nitrogen and oxygen atoms in total. The number of amides is 1. The molecule has 1 aliphatic rings. The molecule has 2 aromatic rings. The molecular formula is C13H12N4O3. The molecule has 0 bridgehead atoms. The van der Waals surface area contributed by atoms with Crippen molar-refractivity contribution in [1.29, 1.82) is 0 Å². The van der Waals surface area contributed by atoms with Crippen LogP contribution in [0.1, 0.15) is 5.56 Å². The van der Waals surface area contributed by atoms with Crippen LogP contribution in [0.5, 0.6) is 11.6 Å². The molecule has 1 unspecified atom stereocenters. The Labute approximate surface area is 114 Å². The SMILES string of the molecule is NC1Cc2cc(Oc3cnccn3)ccc2N(O)C1=O. The topological polar surface area (TPSA) is 102 Å². The lowest BCUT2D eigenvalue weighted by molar-refractivity contribution is -0.125. The van der Waals surface area contributed by atoms with Crippen LogP contribution in [0, 0.1) is 0 Å². The predicted molar refractivity (Wildman–Crippen MR) is 69.5 cm³/mol. The van der Waals surface area contributed by atoms with Crippen molar-refractivity contribution in [3.8, 4) is 11.6 Å². The van der Waals surface area contributed by atoms with Gasteiger partial charge in [-0.1, -0.05) is 0 Å². The zero-order valence-corrected chi connectivity index (χ0v) is 10.4. The summed E-state index contributed by atoms with van der Waals surface area (Å²) in [5.74, 6) is 0.392. The van der Waals surface area contributed by atoms with Crippen LogP contribution in [0.15, 0.2) is 36.8 Å². The summed E-state index contributed by atoms with van der Waals surface area (Å²) in [5, 5.41) is 10.3. The van der Waals surface area contributed by atoms with E-state index in [0.717, 1.165) is 5.56 Å². The lowest BCUT2D eigenvalue weighted by Crippen LogP contribution is -2.47. The minimum absolute atomic E-state index is 0.350. The Kier molecular flexibility index (Phi) is 3.05. The first kappa shape index (κ1) is 12.5. The second kappa shape index (κ2) is 4.87. The van der Waals surface area contributed by atoms with E-state index in [1.165, 1.54) is 12.4 Å². The van der Waals surface area contributed by atoms with E-state index in [-0.39, 0.29) is 0 Å². The molecule has 3 rings (SSSR count). The number of anilines is 1. The summed E-state index contributed by atoms with van der Waals surface area (Å²) in [6.45, 7) is 0. The van der Waals surface area contributed by atoms with E-state index >= 15 is 0 Å². The highest BCUT2D eigenvalue weighted by Gasteiger charge is 2.29. The molecule has 0 saturated heterocycles. The van der Waals surface area contributed by atoms with E-state index < -0.39 is 11.9 Å². The molecule has 1 aliphatic heterocycles. The van der Waals surface area contributed by atoms with E-state index in [9.17, 15) is 10.0 Å². The number of nitrogens with two attached hydrogens (primary N) is 1. The molecule has 1 aromatic carbocycles. The molecule has 20 heavy (non-hydrogen) atoms. The smallest absolute Gasteiger partial charge is 0.267 e. The van der Waals surface area contributed by atoms with E-state index in [1.54, 1.807) is 24.4 Å². The van der Waals surface area contributed by atoms with Gasteiger partial charge in [0.2, 0.25) is 5.88 Å². The van der Waals surface area contributed by atoms with Gasteiger partial charge in [-0.25, -0.2) is 4.98 Å². The van der Waals surface area contributed by atoms with E-state index in [0.29, 0.717) is 28.8 Å². The number of hydrogen-bond acceptors (Lipinski definition) is 6. The van der Waals surface area contributed by atoms with Crippen LogP contribution in [0.3, 0.4) is 0 Å². The summed E-state index contributed by atoms with van der Waals surface area (Å²) in [6, 6.07) is 4.21. The first-order valence-corrected chi connectivity index (χ1v) is 6.00. The second-order valence-corrected chi connectivity index (χ2v) is 4.40. The maximum absolute atomic E-state index is 11.6. The summed E-state index contributed by atoms with van der Waals surface area (Å²) >= 11 is 0. The molecule has 1 aromatic heterocycles. The van der Waals surface area contributed by atoms with Crippen LogP contribution in [-0.4, -0.2) is 27.1 Å². The number of fused-ring (bicyclic) bond motifs is 1. The zero-order valence-electron chi connectivity index (χ0n) is 10.4. The summed E-state index contributed by atoms with van der Waals surface area (Å²) in [4.78, 5) is 19.5. The van der Waals surface area contributed by atoms with Crippen molar-refractivity contribution in [1.82, 2.24) is 9.97 Å². The Bertz CT molecular complexity index is 647. The number of rotatable bonds is 2. The van der Waals surface area contributed by atoms with E-state index in [4.69, 9.17) is 10.5 Å². The van der Waals surface area contributed by atoms with Gasteiger partial charge in [-0.05, 0) is 30.2 Å².